The van der Waals surface area contributed by atoms with E-state index in [1.165, 1.54) is 24.3 Å². The summed E-state index contributed by atoms with van der Waals surface area (Å²) in [5.41, 5.74) is 3.27. The number of nitrogens with one attached hydrogen (secondary N) is 1. The summed E-state index contributed by atoms with van der Waals surface area (Å²) in [5.74, 6) is -0.778. The Bertz CT molecular complexity index is 1120. The molecule has 0 saturated carbocycles. The van der Waals surface area contributed by atoms with Gasteiger partial charge in [0.2, 0.25) is 0 Å². The third-order valence-electron chi connectivity index (χ3n) is 4.67. The molecule has 1 heterocycles. The van der Waals surface area contributed by atoms with Crippen LogP contribution in [0, 0.1) is 11.6 Å². The van der Waals surface area contributed by atoms with Crippen molar-refractivity contribution < 1.29 is 13.6 Å². The molecule has 0 unspecified atom stereocenters. The number of para-hydroxylation sites is 1. The maximum absolute atomic E-state index is 13.2. The van der Waals surface area contributed by atoms with E-state index in [-0.39, 0.29) is 17.5 Å². The van der Waals surface area contributed by atoms with Gasteiger partial charge in [-0.15, -0.1) is 0 Å². The molecule has 5 heteroatoms. The van der Waals surface area contributed by atoms with E-state index in [1.807, 2.05) is 35.0 Å². The average molecular weight is 376 g/mol. The van der Waals surface area contributed by atoms with E-state index in [4.69, 9.17) is 0 Å². The predicted molar refractivity (Wildman–Crippen MR) is 105 cm³/mol. The van der Waals surface area contributed by atoms with Crippen LogP contribution < -0.4 is 5.32 Å². The molecular weight excluding hydrogens is 358 g/mol. The molecule has 0 saturated heterocycles. The maximum Gasteiger partial charge on any atom is 0.253 e. The normalized spacial score (nSPS) is 10.9. The zero-order chi connectivity index (χ0) is 19.5. The topological polar surface area (TPSA) is 34.0 Å². The van der Waals surface area contributed by atoms with E-state index < -0.39 is 0 Å². The molecule has 0 atom stereocenters. The first-order valence-electron chi connectivity index (χ1n) is 8.95. The van der Waals surface area contributed by atoms with E-state index >= 15 is 0 Å². The standard InChI is InChI=1S/C23H18F2N2O/c24-18-9-5-16(6-10-18)13-26-23(28)21-15-27(22-4-2-1-3-20(21)22)14-17-7-11-19(25)12-8-17/h1-12,15H,13-14H2,(H,26,28). The number of hydrogen-bond acceptors (Lipinski definition) is 1. The third-order valence-corrected chi connectivity index (χ3v) is 4.67. The number of rotatable bonds is 5. The van der Waals surface area contributed by atoms with Crippen LogP contribution in [-0.4, -0.2) is 10.5 Å². The zero-order valence-corrected chi connectivity index (χ0v) is 15.0. The van der Waals surface area contributed by atoms with Crippen molar-refractivity contribution in [2.24, 2.45) is 0 Å². The van der Waals surface area contributed by atoms with Gasteiger partial charge in [-0.2, -0.15) is 0 Å². The van der Waals surface area contributed by atoms with Gasteiger partial charge in [-0.05, 0) is 41.5 Å². The van der Waals surface area contributed by atoms with Crippen molar-refractivity contribution in [3.63, 3.8) is 0 Å². The van der Waals surface area contributed by atoms with Gasteiger partial charge in [0.25, 0.3) is 5.91 Å². The lowest BCUT2D eigenvalue weighted by molar-refractivity contribution is 0.0952. The summed E-state index contributed by atoms with van der Waals surface area (Å²) in [4.78, 5) is 12.8. The second-order valence-corrected chi connectivity index (χ2v) is 6.62. The molecule has 1 aromatic heterocycles. The van der Waals surface area contributed by atoms with Gasteiger partial charge >= 0.3 is 0 Å². The first kappa shape index (κ1) is 17.9. The lowest BCUT2D eigenvalue weighted by Crippen LogP contribution is -2.22. The Hall–Kier alpha value is -3.47. The van der Waals surface area contributed by atoms with E-state index in [2.05, 4.69) is 5.32 Å². The summed E-state index contributed by atoms with van der Waals surface area (Å²) in [7, 11) is 0. The van der Waals surface area contributed by atoms with Crippen molar-refractivity contribution in [2.75, 3.05) is 0 Å². The summed E-state index contributed by atoms with van der Waals surface area (Å²) in [6, 6.07) is 20.0. The number of halogens is 2. The van der Waals surface area contributed by atoms with Gasteiger partial charge in [0.05, 0.1) is 5.56 Å². The molecule has 1 N–H and O–H groups in total. The van der Waals surface area contributed by atoms with Gasteiger partial charge in [-0.25, -0.2) is 8.78 Å². The summed E-state index contributed by atoms with van der Waals surface area (Å²) < 4.78 is 28.2. The Labute approximate surface area is 161 Å². The minimum atomic E-state index is -0.307. The summed E-state index contributed by atoms with van der Waals surface area (Å²) in [6.07, 6.45) is 1.81. The molecule has 1 amide bonds. The van der Waals surface area contributed by atoms with Crippen LogP contribution in [0.1, 0.15) is 21.5 Å². The van der Waals surface area contributed by atoms with Crippen LogP contribution in [-0.2, 0) is 13.1 Å². The molecule has 3 aromatic carbocycles. The highest BCUT2D eigenvalue weighted by Crippen LogP contribution is 2.22. The van der Waals surface area contributed by atoms with Crippen molar-refractivity contribution >= 4 is 16.8 Å². The lowest BCUT2D eigenvalue weighted by atomic mass is 10.1. The van der Waals surface area contributed by atoms with Gasteiger partial charge in [-0.1, -0.05) is 42.5 Å². The van der Waals surface area contributed by atoms with Gasteiger partial charge < -0.3 is 9.88 Å². The first-order valence-corrected chi connectivity index (χ1v) is 8.95. The van der Waals surface area contributed by atoms with Crippen LogP contribution in [0.15, 0.2) is 79.0 Å². The fourth-order valence-corrected chi connectivity index (χ4v) is 3.22. The van der Waals surface area contributed by atoms with E-state index in [1.54, 1.807) is 24.3 Å². The van der Waals surface area contributed by atoms with Gasteiger partial charge in [0.1, 0.15) is 11.6 Å². The number of fused-ring (bicyclic) bond motifs is 1. The van der Waals surface area contributed by atoms with Crippen LogP contribution in [0.5, 0.6) is 0 Å². The summed E-state index contributed by atoms with van der Waals surface area (Å²) in [6.45, 7) is 0.850. The molecule has 28 heavy (non-hydrogen) atoms. The highest BCUT2D eigenvalue weighted by atomic mass is 19.1. The van der Waals surface area contributed by atoms with E-state index in [0.717, 1.165) is 22.0 Å². The quantitative estimate of drug-likeness (QED) is 0.528. The molecule has 4 aromatic rings. The van der Waals surface area contributed by atoms with Crippen LogP contribution >= 0.6 is 0 Å². The largest absolute Gasteiger partial charge is 0.348 e. The van der Waals surface area contributed by atoms with Gasteiger partial charge in [0, 0.05) is 30.2 Å². The first-order chi connectivity index (χ1) is 13.6. The Morgan fingerprint density at radius 2 is 1.43 bits per heavy atom. The smallest absolute Gasteiger partial charge is 0.253 e. The number of aromatic nitrogens is 1. The van der Waals surface area contributed by atoms with Gasteiger partial charge in [0.15, 0.2) is 0 Å². The molecule has 0 spiro atoms. The number of carbonyl (C=O) groups is 1. The van der Waals surface area contributed by atoms with Crippen LogP contribution in [0.3, 0.4) is 0 Å². The Balaban J connectivity index is 1.59. The molecule has 140 valence electrons. The Morgan fingerprint density at radius 3 is 2.11 bits per heavy atom. The zero-order valence-electron chi connectivity index (χ0n) is 15.0. The summed E-state index contributed by atoms with van der Waals surface area (Å²) in [5, 5.41) is 3.74. The molecule has 0 aliphatic heterocycles. The number of hydrogen-bond donors (Lipinski definition) is 1. The van der Waals surface area contributed by atoms with Crippen molar-refractivity contribution in [3.8, 4) is 0 Å². The summed E-state index contributed by atoms with van der Waals surface area (Å²) >= 11 is 0. The average Bonchev–Trinajstić information content (AvgIpc) is 3.08. The Kier molecular flexibility index (Phi) is 4.89. The molecule has 0 bridgehead atoms. The number of carbonyl (C=O) groups excluding carboxylic acids is 1. The fraction of sp³-hybridized carbons (Fsp3) is 0.0870. The van der Waals surface area contributed by atoms with Crippen LogP contribution in [0.4, 0.5) is 8.78 Å². The number of amides is 1. The maximum atomic E-state index is 13.2. The van der Waals surface area contributed by atoms with Crippen molar-refractivity contribution in [1.29, 1.82) is 0 Å². The highest BCUT2D eigenvalue weighted by molar-refractivity contribution is 6.07. The Morgan fingerprint density at radius 1 is 0.821 bits per heavy atom. The number of benzene rings is 3. The minimum Gasteiger partial charge on any atom is -0.348 e. The second-order valence-electron chi connectivity index (χ2n) is 6.62. The molecule has 0 radical (unpaired) electrons. The fourth-order valence-electron chi connectivity index (χ4n) is 3.22. The molecule has 4 rings (SSSR count). The van der Waals surface area contributed by atoms with Gasteiger partial charge in [-0.3, -0.25) is 4.79 Å². The number of nitrogens with zero attached hydrogens (tertiary/aromatic N) is 1. The van der Waals surface area contributed by atoms with Crippen LogP contribution in [0.2, 0.25) is 0 Å². The molecule has 0 aliphatic rings. The minimum absolute atomic E-state index is 0.196. The van der Waals surface area contributed by atoms with Crippen molar-refractivity contribution in [3.05, 3.63) is 107 Å². The van der Waals surface area contributed by atoms with E-state index in [0.29, 0.717) is 18.7 Å². The van der Waals surface area contributed by atoms with Crippen LogP contribution in [0.25, 0.3) is 10.9 Å². The molecule has 0 aliphatic carbocycles. The van der Waals surface area contributed by atoms with E-state index in [9.17, 15) is 13.6 Å². The van der Waals surface area contributed by atoms with Crippen molar-refractivity contribution in [2.45, 2.75) is 13.1 Å². The second kappa shape index (κ2) is 7.64. The molecule has 3 nitrogen and oxygen atoms in total. The SMILES string of the molecule is O=C(NCc1ccc(F)cc1)c1cn(Cc2ccc(F)cc2)c2ccccc12. The monoisotopic (exact) mass is 376 g/mol. The van der Waals surface area contributed by atoms with Crippen molar-refractivity contribution in [1.82, 2.24) is 9.88 Å². The third kappa shape index (κ3) is 3.78. The molecule has 0 fully saturated rings. The molecular formula is C23H18F2N2O. The highest BCUT2D eigenvalue weighted by Gasteiger charge is 2.15. The lowest BCUT2D eigenvalue weighted by Gasteiger charge is -2.05. The predicted octanol–water partition coefficient (Wildman–Crippen LogP) is 4.90.